The average Bonchev–Trinajstić information content (AvgIpc) is 3.12. The van der Waals surface area contributed by atoms with Crippen molar-refractivity contribution in [3.05, 3.63) is 41.0 Å². The van der Waals surface area contributed by atoms with Crippen LogP contribution in [0.5, 0.6) is 5.75 Å². The van der Waals surface area contributed by atoms with Crippen molar-refractivity contribution in [2.75, 3.05) is 19.7 Å². The van der Waals surface area contributed by atoms with Crippen molar-refractivity contribution >= 4 is 6.29 Å². The van der Waals surface area contributed by atoms with Crippen LogP contribution in [0.3, 0.4) is 0 Å². The number of ether oxygens (including phenoxy) is 1. The third kappa shape index (κ3) is 4.33. The number of allylic oxidation sites excluding steroid dienone is 2. The zero-order valence-electron chi connectivity index (χ0n) is 16.0. The van der Waals surface area contributed by atoms with Crippen molar-refractivity contribution < 1.29 is 9.53 Å². The number of likely N-dealkylation sites (tertiary alicyclic amines) is 1. The summed E-state index contributed by atoms with van der Waals surface area (Å²) >= 11 is 0. The van der Waals surface area contributed by atoms with Crippen LogP contribution < -0.4 is 4.74 Å². The molecular weight excluding hydrogens is 310 g/mol. The maximum atomic E-state index is 11.2. The molecule has 0 N–H and O–H groups in total. The van der Waals surface area contributed by atoms with Crippen LogP contribution in [0.15, 0.2) is 29.8 Å². The van der Waals surface area contributed by atoms with Gasteiger partial charge in [0.25, 0.3) is 0 Å². The fourth-order valence-electron chi connectivity index (χ4n) is 4.67. The van der Waals surface area contributed by atoms with Gasteiger partial charge in [-0.1, -0.05) is 37.6 Å². The van der Waals surface area contributed by atoms with Crippen LogP contribution >= 0.6 is 0 Å². The number of carbonyl (C=O) groups excluding carboxylic acids is 1. The standard InChI is InChI=1S/C22H31NO2/c1-16(2)13-22(3,4)14-20-12-19(15-23(20)8-9-24)17-5-6-21-18(11-17)7-10-25-21/h5-6,9,11,13,19-20H,7-8,10,12,14-15H2,1-4H3. The molecule has 0 saturated carbocycles. The second kappa shape index (κ2) is 7.33. The molecule has 0 bridgehead atoms. The van der Waals surface area contributed by atoms with E-state index in [1.54, 1.807) is 0 Å². The molecule has 1 saturated heterocycles. The van der Waals surface area contributed by atoms with E-state index in [2.05, 4.69) is 56.9 Å². The Labute approximate surface area is 152 Å². The molecule has 0 aromatic heterocycles. The summed E-state index contributed by atoms with van der Waals surface area (Å²) in [5.74, 6) is 1.56. The summed E-state index contributed by atoms with van der Waals surface area (Å²) in [7, 11) is 0. The predicted octanol–water partition coefficient (Wildman–Crippen LogP) is 4.36. The van der Waals surface area contributed by atoms with Crippen LogP contribution in [-0.4, -0.2) is 36.9 Å². The number of benzene rings is 1. The van der Waals surface area contributed by atoms with Gasteiger partial charge in [-0.15, -0.1) is 0 Å². The smallest absolute Gasteiger partial charge is 0.133 e. The molecule has 2 heterocycles. The number of rotatable bonds is 6. The molecule has 3 heteroatoms. The maximum Gasteiger partial charge on any atom is 0.133 e. The molecule has 1 aromatic rings. The minimum atomic E-state index is 0.158. The molecule has 2 unspecified atom stereocenters. The van der Waals surface area contributed by atoms with E-state index in [9.17, 15) is 4.79 Å². The Morgan fingerprint density at radius 1 is 1.36 bits per heavy atom. The van der Waals surface area contributed by atoms with Gasteiger partial charge in [0.15, 0.2) is 0 Å². The molecule has 3 rings (SSSR count). The predicted molar refractivity (Wildman–Crippen MR) is 102 cm³/mol. The molecule has 0 amide bonds. The number of hydrogen-bond donors (Lipinski definition) is 0. The molecule has 1 fully saturated rings. The van der Waals surface area contributed by atoms with Crippen molar-refractivity contribution in [2.45, 2.75) is 58.9 Å². The second-order valence-electron chi connectivity index (χ2n) is 8.59. The van der Waals surface area contributed by atoms with E-state index in [-0.39, 0.29) is 5.41 Å². The first-order valence-corrected chi connectivity index (χ1v) is 9.47. The summed E-state index contributed by atoms with van der Waals surface area (Å²) in [6.07, 6.45) is 6.67. The third-order valence-corrected chi connectivity index (χ3v) is 5.46. The van der Waals surface area contributed by atoms with Crippen molar-refractivity contribution in [1.29, 1.82) is 0 Å². The zero-order chi connectivity index (χ0) is 18.0. The first kappa shape index (κ1) is 18.2. The number of fused-ring (bicyclic) bond motifs is 1. The molecule has 136 valence electrons. The first-order valence-electron chi connectivity index (χ1n) is 9.47. The topological polar surface area (TPSA) is 29.5 Å². The van der Waals surface area contributed by atoms with Gasteiger partial charge in [0.2, 0.25) is 0 Å². The molecule has 3 nitrogen and oxygen atoms in total. The summed E-state index contributed by atoms with van der Waals surface area (Å²) < 4.78 is 5.64. The Hall–Kier alpha value is -1.61. The van der Waals surface area contributed by atoms with Crippen LogP contribution in [0, 0.1) is 5.41 Å². The van der Waals surface area contributed by atoms with Crippen LogP contribution in [0.4, 0.5) is 0 Å². The highest BCUT2D eigenvalue weighted by molar-refractivity contribution is 5.52. The van der Waals surface area contributed by atoms with Crippen LogP contribution in [0.1, 0.15) is 57.6 Å². The Balaban J connectivity index is 1.76. The Morgan fingerprint density at radius 2 is 2.16 bits per heavy atom. The van der Waals surface area contributed by atoms with Gasteiger partial charge in [-0.2, -0.15) is 0 Å². The number of nitrogens with zero attached hydrogens (tertiary/aromatic N) is 1. The fraction of sp³-hybridized carbons (Fsp3) is 0.591. The van der Waals surface area contributed by atoms with E-state index >= 15 is 0 Å². The summed E-state index contributed by atoms with van der Waals surface area (Å²) in [5, 5.41) is 0. The second-order valence-corrected chi connectivity index (χ2v) is 8.59. The van der Waals surface area contributed by atoms with Crippen molar-refractivity contribution in [3.8, 4) is 5.75 Å². The third-order valence-electron chi connectivity index (χ3n) is 5.46. The molecule has 25 heavy (non-hydrogen) atoms. The van der Waals surface area contributed by atoms with E-state index in [4.69, 9.17) is 4.74 Å². The molecule has 1 aromatic carbocycles. The van der Waals surface area contributed by atoms with Crippen LogP contribution in [0.25, 0.3) is 0 Å². The summed E-state index contributed by atoms with van der Waals surface area (Å²) in [5.41, 5.74) is 4.27. The van der Waals surface area contributed by atoms with Gasteiger partial charge >= 0.3 is 0 Å². The monoisotopic (exact) mass is 341 g/mol. The molecule has 0 aliphatic carbocycles. The Bertz CT molecular complexity index is 658. The Morgan fingerprint density at radius 3 is 2.88 bits per heavy atom. The van der Waals surface area contributed by atoms with Crippen molar-refractivity contribution in [1.82, 2.24) is 4.90 Å². The van der Waals surface area contributed by atoms with Crippen LogP contribution in [0.2, 0.25) is 0 Å². The number of carbonyl (C=O) groups is 1. The number of aldehydes is 1. The number of hydrogen-bond acceptors (Lipinski definition) is 3. The van der Waals surface area contributed by atoms with Gasteiger partial charge in [0.05, 0.1) is 13.2 Å². The highest BCUT2D eigenvalue weighted by Crippen LogP contribution is 2.39. The normalized spacial score (nSPS) is 23.2. The van der Waals surface area contributed by atoms with Gasteiger partial charge < -0.3 is 9.53 Å². The molecule has 2 atom stereocenters. The van der Waals surface area contributed by atoms with Gasteiger partial charge in [0.1, 0.15) is 12.0 Å². The lowest BCUT2D eigenvalue weighted by Crippen LogP contribution is -2.34. The molecule has 2 aliphatic heterocycles. The van der Waals surface area contributed by atoms with E-state index in [1.807, 2.05) is 0 Å². The molecular formula is C22H31NO2. The van der Waals surface area contributed by atoms with Crippen molar-refractivity contribution in [2.24, 2.45) is 5.41 Å². The summed E-state index contributed by atoms with van der Waals surface area (Å²) in [6, 6.07) is 7.14. The van der Waals surface area contributed by atoms with E-state index in [0.29, 0.717) is 18.5 Å². The van der Waals surface area contributed by atoms with E-state index in [0.717, 1.165) is 44.4 Å². The molecule has 2 aliphatic rings. The fourth-order valence-corrected chi connectivity index (χ4v) is 4.67. The van der Waals surface area contributed by atoms with Crippen molar-refractivity contribution in [3.63, 3.8) is 0 Å². The lowest BCUT2D eigenvalue weighted by atomic mass is 9.82. The minimum Gasteiger partial charge on any atom is -0.493 e. The lowest BCUT2D eigenvalue weighted by Gasteiger charge is -2.30. The largest absolute Gasteiger partial charge is 0.493 e. The van der Waals surface area contributed by atoms with Gasteiger partial charge in [-0.3, -0.25) is 4.90 Å². The summed E-state index contributed by atoms with van der Waals surface area (Å²) in [4.78, 5) is 13.6. The van der Waals surface area contributed by atoms with Gasteiger partial charge in [0, 0.05) is 19.0 Å². The van der Waals surface area contributed by atoms with Gasteiger partial charge in [-0.25, -0.2) is 0 Å². The van der Waals surface area contributed by atoms with Crippen LogP contribution in [-0.2, 0) is 11.2 Å². The minimum absolute atomic E-state index is 0.158. The van der Waals surface area contributed by atoms with E-state index in [1.165, 1.54) is 16.7 Å². The zero-order valence-corrected chi connectivity index (χ0v) is 16.0. The lowest BCUT2D eigenvalue weighted by molar-refractivity contribution is -0.109. The van der Waals surface area contributed by atoms with Gasteiger partial charge in [-0.05, 0) is 55.2 Å². The molecule has 0 radical (unpaired) electrons. The Kier molecular flexibility index (Phi) is 5.33. The first-order chi connectivity index (χ1) is 11.9. The van der Waals surface area contributed by atoms with E-state index < -0.39 is 0 Å². The highest BCUT2D eigenvalue weighted by atomic mass is 16.5. The maximum absolute atomic E-state index is 11.2. The average molecular weight is 341 g/mol. The summed E-state index contributed by atoms with van der Waals surface area (Å²) in [6.45, 7) is 11.3. The highest BCUT2D eigenvalue weighted by Gasteiger charge is 2.35. The quantitative estimate of drug-likeness (QED) is 0.569. The molecule has 0 spiro atoms. The SMILES string of the molecule is CC(C)=CC(C)(C)CC1CC(c2ccc3c(c2)CCO3)CN1CC=O.